The van der Waals surface area contributed by atoms with Crippen LogP contribution in [0.25, 0.3) is 95.5 Å². The molecule has 0 fully saturated rings. The summed E-state index contributed by atoms with van der Waals surface area (Å²) in [5.41, 5.74) is 20.2. The van der Waals surface area contributed by atoms with Crippen molar-refractivity contribution in [1.29, 1.82) is 0 Å². The van der Waals surface area contributed by atoms with Crippen molar-refractivity contribution in [3.8, 4) is 78.7 Å². The Morgan fingerprint density at radius 2 is 0.894 bits per heavy atom. The van der Waals surface area contributed by atoms with Crippen LogP contribution in [-0.4, -0.2) is 15.0 Å². The Bertz CT molecular complexity index is 3460. The van der Waals surface area contributed by atoms with E-state index in [9.17, 15) is 0 Å². The van der Waals surface area contributed by atoms with E-state index >= 15 is 0 Å². The second-order valence-electron chi connectivity index (χ2n) is 17.0. The van der Waals surface area contributed by atoms with Gasteiger partial charge in [0.25, 0.3) is 0 Å². The van der Waals surface area contributed by atoms with Gasteiger partial charge in [0.05, 0.1) is 5.41 Å². The Balaban J connectivity index is 0.00000238. The molecule has 1 aromatic heterocycles. The van der Waals surface area contributed by atoms with E-state index in [0.717, 1.165) is 39.6 Å². The van der Waals surface area contributed by atoms with Crippen LogP contribution in [0.15, 0.2) is 206 Å². The highest BCUT2D eigenvalue weighted by molar-refractivity contribution is 6.00. The fourth-order valence-electron chi connectivity index (χ4n) is 10.4. The van der Waals surface area contributed by atoms with Gasteiger partial charge < -0.3 is 0 Å². The first-order valence-electron chi connectivity index (χ1n) is 23.3. The van der Waals surface area contributed by atoms with Gasteiger partial charge >= 0.3 is 0 Å². The molecule has 3 nitrogen and oxygen atoms in total. The second-order valence-corrected chi connectivity index (χ2v) is 17.0. The molecule has 0 unspecified atom stereocenters. The van der Waals surface area contributed by atoms with E-state index in [4.69, 9.17) is 15.0 Å². The molecule has 1 spiro atoms. The number of hydrogen-bond acceptors (Lipinski definition) is 3. The Labute approximate surface area is 387 Å². The predicted molar refractivity (Wildman–Crippen MR) is 276 cm³/mol. The highest BCUT2D eigenvalue weighted by atomic mass is 15.0. The molecular weight excluding hydrogens is 799 g/mol. The average molecular weight is 848 g/mol. The van der Waals surface area contributed by atoms with Crippen molar-refractivity contribution in [1.82, 2.24) is 15.0 Å². The lowest BCUT2D eigenvalue weighted by Gasteiger charge is -2.30. The number of aromatic nitrogens is 3. The molecule has 66 heavy (non-hydrogen) atoms. The molecule has 12 rings (SSSR count). The molecule has 10 aromatic rings. The summed E-state index contributed by atoms with van der Waals surface area (Å²) in [5.74, 6) is 1.94. The molecule has 2 aliphatic carbocycles. The monoisotopic (exact) mass is 847 g/mol. The van der Waals surface area contributed by atoms with E-state index in [0.29, 0.717) is 17.5 Å². The minimum absolute atomic E-state index is 0.376. The highest BCUT2D eigenvalue weighted by Gasteiger charge is 2.51. The van der Waals surface area contributed by atoms with Gasteiger partial charge in [-0.15, -0.1) is 0 Å². The van der Waals surface area contributed by atoms with Crippen LogP contribution in [0, 0.1) is 6.92 Å². The zero-order valence-electron chi connectivity index (χ0n) is 37.8. The van der Waals surface area contributed by atoms with Crippen LogP contribution < -0.4 is 0 Å². The van der Waals surface area contributed by atoms with Crippen molar-refractivity contribution in [3.63, 3.8) is 0 Å². The van der Waals surface area contributed by atoms with Gasteiger partial charge in [-0.2, -0.15) is 0 Å². The third-order valence-corrected chi connectivity index (χ3v) is 13.4. The third-order valence-electron chi connectivity index (χ3n) is 13.4. The number of rotatable bonds is 7. The van der Waals surface area contributed by atoms with Crippen molar-refractivity contribution >= 4 is 16.8 Å². The molecule has 0 saturated heterocycles. The van der Waals surface area contributed by atoms with Crippen LogP contribution >= 0.6 is 0 Å². The standard InChI is InChI=1S/C61H43N3.C2H6/c1-3-4-15-43-36-47(29-28-39(43)2)59-62-58(63-60(64-59)48-35-32-40-16-5-6-17-44(40)38-48)42-33-30-41(31-34-42)45-18-13-19-46(37-45)49-23-14-27-56-57(49)52-22-9-12-26-55(52)61(56)53-24-10-7-20-50(53)51-21-8-11-25-54(51)61;1-2/h4-38H,3H2,1-2H3;1-2H3/b15-4-;. The van der Waals surface area contributed by atoms with Crippen molar-refractivity contribution in [2.24, 2.45) is 0 Å². The number of aryl methyl sites for hydroxylation is 1. The summed E-state index contributed by atoms with van der Waals surface area (Å²) >= 11 is 0. The summed E-state index contributed by atoms with van der Waals surface area (Å²) in [6, 6.07) is 72.9. The number of allylic oxidation sites excluding steroid dienone is 1. The molecule has 0 atom stereocenters. The van der Waals surface area contributed by atoms with E-state index in [-0.39, 0.29) is 5.41 Å². The second kappa shape index (κ2) is 16.8. The lowest BCUT2D eigenvalue weighted by atomic mass is 9.70. The molecular formula is C63H49N3. The quantitative estimate of drug-likeness (QED) is 0.160. The first kappa shape index (κ1) is 40.7. The minimum Gasteiger partial charge on any atom is -0.208 e. The molecule has 0 bridgehead atoms. The van der Waals surface area contributed by atoms with E-state index in [1.165, 1.54) is 72.1 Å². The normalized spacial score (nSPS) is 12.7. The average Bonchev–Trinajstić information content (AvgIpc) is 3.86. The number of hydrogen-bond donors (Lipinski definition) is 0. The van der Waals surface area contributed by atoms with Crippen LogP contribution in [-0.2, 0) is 5.41 Å². The molecule has 9 aromatic carbocycles. The summed E-state index contributed by atoms with van der Waals surface area (Å²) < 4.78 is 0. The summed E-state index contributed by atoms with van der Waals surface area (Å²) in [5, 5.41) is 2.33. The van der Waals surface area contributed by atoms with Crippen molar-refractivity contribution in [2.75, 3.05) is 0 Å². The van der Waals surface area contributed by atoms with Gasteiger partial charge in [-0.3, -0.25) is 0 Å². The fraction of sp³-hybridized carbons (Fsp3) is 0.0952. The molecule has 0 radical (unpaired) electrons. The lowest BCUT2D eigenvalue weighted by Crippen LogP contribution is -2.25. The smallest absolute Gasteiger partial charge is 0.164 e. The van der Waals surface area contributed by atoms with E-state index < -0.39 is 0 Å². The highest BCUT2D eigenvalue weighted by Crippen LogP contribution is 2.64. The Hall–Kier alpha value is -8.01. The van der Waals surface area contributed by atoms with Gasteiger partial charge in [-0.05, 0) is 120 Å². The number of fused-ring (bicyclic) bond motifs is 11. The fourth-order valence-corrected chi connectivity index (χ4v) is 10.4. The van der Waals surface area contributed by atoms with Gasteiger partial charge in [0.2, 0.25) is 0 Å². The van der Waals surface area contributed by atoms with Crippen molar-refractivity contribution in [3.05, 3.63) is 240 Å². The van der Waals surface area contributed by atoms with Crippen LogP contribution in [0.1, 0.15) is 60.6 Å². The minimum atomic E-state index is -0.376. The summed E-state index contributed by atoms with van der Waals surface area (Å²) in [6.07, 6.45) is 5.35. The first-order chi connectivity index (χ1) is 32.6. The molecule has 0 saturated carbocycles. The SMILES string of the molecule is CC.CC/C=C\c1cc(-c2nc(-c3ccc(-c4cccc(-c5cccc6c5-c5ccccc5C65c6ccccc6-c6ccccc65)c4)cc3)nc(-c3ccc4ccccc4c3)n2)ccc1C. The molecule has 3 heteroatoms. The molecule has 0 aliphatic heterocycles. The van der Waals surface area contributed by atoms with Crippen LogP contribution in [0.2, 0.25) is 0 Å². The van der Waals surface area contributed by atoms with Gasteiger partial charge in [0.15, 0.2) is 17.5 Å². The Morgan fingerprint density at radius 3 is 1.59 bits per heavy atom. The van der Waals surface area contributed by atoms with Gasteiger partial charge in [0.1, 0.15) is 0 Å². The van der Waals surface area contributed by atoms with E-state index in [1.54, 1.807) is 0 Å². The number of benzene rings is 9. The summed E-state index contributed by atoms with van der Waals surface area (Å²) in [6.45, 7) is 8.30. The summed E-state index contributed by atoms with van der Waals surface area (Å²) in [7, 11) is 0. The number of nitrogens with zero attached hydrogens (tertiary/aromatic N) is 3. The first-order valence-corrected chi connectivity index (χ1v) is 23.3. The van der Waals surface area contributed by atoms with Gasteiger partial charge in [0, 0.05) is 16.7 Å². The zero-order valence-corrected chi connectivity index (χ0v) is 37.8. The molecule has 316 valence electrons. The largest absolute Gasteiger partial charge is 0.208 e. The maximum Gasteiger partial charge on any atom is 0.164 e. The Kier molecular flexibility index (Phi) is 10.4. The van der Waals surface area contributed by atoms with Gasteiger partial charge in [-0.25, -0.2) is 15.0 Å². The molecule has 0 amide bonds. The zero-order chi connectivity index (χ0) is 44.8. The molecule has 2 aliphatic rings. The van der Waals surface area contributed by atoms with Crippen molar-refractivity contribution < 1.29 is 0 Å². The predicted octanol–water partition coefficient (Wildman–Crippen LogP) is 16.5. The van der Waals surface area contributed by atoms with E-state index in [1.807, 2.05) is 13.8 Å². The van der Waals surface area contributed by atoms with E-state index in [2.05, 4.69) is 226 Å². The van der Waals surface area contributed by atoms with Crippen molar-refractivity contribution in [2.45, 2.75) is 39.5 Å². The maximum atomic E-state index is 5.13. The summed E-state index contributed by atoms with van der Waals surface area (Å²) in [4.78, 5) is 15.4. The maximum absolute atomic E-state index is 5.13. The lowest BCUT2D eigenvalue weighted by molar-refractivity contribution is 0.794. The third kappa shape index (κ3) is 6.61. The van der Waals surface area contributed by atoms with Gasteiger partial charge in [-0.1, -0.05) is 215 Å². The molecule has 1 heterocycles. The van der Waals surface area contributed by atoms with Crippen LogP contribution in [0.3, 0.4) is 0 Å². The Morgan fingerprint density at radius 1 is 0.394 bits per heavy atom. The molecule has 0 N–H and O–H groups in total. The van der Waals surface area contributed by atoms with Crippen LogP contribution in [0.5, 0.6) is 0 Å². The van der Waals surface area contributed by atoms with Crippen LogP contribution in [0.4, 0.5) is 0 Å². The topological polar surface area (TPSA) is 38.7 Å².